The highest BCUT2D eigenvalue weighted by Crippen LogP contribution is 2.35. The van der Waals surface area contributed by atoms with Crippen molar-refractivity contribution in [1.29, 1.82) is 0 Å². The van der Waals surface area contributed by atoms with Crippen molar-refractivity contribution in [2.45, 2.75) is 18.8 Å². The molecule has 3 aromatic carbocycles. The summed E-state index contributed by atoms with van der Waals surface area (Å²) >= 11 is 0. The minimum absolute atomic E-state index is 0.373. The molecule has 0 saturated carbocycles. The zero-order chi connectivity index (χ0) is 18.6. The summed E-state index contributed by atoms with van der Waals surface area (Å²) in [5, 5.41) is 1.33. The predicted octanol–water partition coefficient (Wildman–Crippen LogP) is 6.00. The average Bonchev–Trinajstić information content (AvgIpc) is 3.13. The molecule has 1 N–H and O–H groups in total. The zero-order valence-electron chi connectivity index (χ0n) is 16.0. The van der Waals surface area contributed by atoms with Crippen LogP contribution in [0.15, 0.2) is 85.1 Å². The summed E-state index contributed by atoms with van der Waals surface area (Å²) in [5.74, 6) is 0.373. The summed E-state index contributed by atoms with van der Waals surface area (Å²) < 4.78 is 0. The van der Waals surface area contributed by atoms with Crippen molar-refractivity contribution in [3.05, 3.63) is 102 Å². The minimum atomic E-state index is 0.373. The summed E-state index contributed by atoms with van der Waals surface area (Å²) in [6.45, 7) is 0. The lowest BCUT2D eigenvalue weighted by Crippen LogP contribution is -2.09. The molecule has 0 saturated heterocycles. The van der Waals surface area contributed by atoms with Gasteiger partial charge in [0.1, 0.15) is 0 Å². The van der Waals surface area contributed by atoms with Gasteiger partial charge < -0.3 is 9.88 Å². The Kier molecular flexibility index (Phi) is 4.97. The van der Waals surface area contributed by atoms with E-state index in [2.05, 4.69) is 109 Å². The van der Waals surface area contributed by atoms with Crippen LogP contribution in [0.1, 0.15) is 29.0 Å². The van der Waals surface area contributed by atoms with E-state index in [-0.39, 0.29) is 0 Å². The largest absolute Gasteiger partial charge is 0.378 e. The number of para-hydroxylation sites is 1. The minimum Gasteiger partial charge on any atom is -0.378 e. The van der Waals surface area contributed by atoms with Gasteiger partial charge in [0.2, 0.25) is 0 Å². The average molecular weight is 354 g/mol. The Labute approximate surface area is 161 Å². The number of benzene rings is 3. The first kappa shape index (κ1) is 17.4. The first-order valence-electron chi connectivity index (χ1n) is 9.59. The molecule has 0 aliphatic carbocycles. The number of aromatic nitrogens is 1. The van der Waals surface area contributed by atoms with E-state index in [0.29, 0.717) is 5.92 Å². The van der Waals surface area contributed by atoms with E-state index in [4.69, 9.17) is 0 Å². The van der Waals surface area contributed by atoms with E-state index in [1.807, 2.05) is 0 Å². The number of anilines is 1. The van der Waals surface area contributed by atoms with Gasteiger partial charge in [-0.2, -0.15) is 0 Å². The molecule has 1 aromatic heterocycles. The maximum Gasteiger partial charge on any atom is 0.0457 e. The Hall–Kier alpha value is -3.00. The third kappa shape index (κ3) is 3.75. The molecule has 136 valence electrons. The Morgan fingerprint density at radius 3 is 2.26 bits per heavy atom. The van der Waals surface area contributed by atoms with Crippen LogP contribution in [0.5, 0.6) is 0 Å². The van der Waals surface area contributed by atoms with Crippen LogP contribution >= 0.6 is 0 Å². The molecule has 0 aliphatic rings. The van der Waals surface area contributed by atoms with E-state index in [1.165, 1.54) is 33.3 Å². The Balaban J connectivity index is 1.70. The molecule has 0 bridgehead atoms. The molecule has 1 heterocycles. The van der Waals surface area contributed by atoms with Gasteiger partial charge in [-0.1, -0.05) is 60.7 Å². The number of aryl methyl sites for hydroxylation is 1. The molecule has 0 spiro atoms. The van der Waals surface area contributed by atoms with Crippen molar-refractivity contribution >= 4 is 16.6 Å². The highest BCUT2D eigenvalue weighted by molar-refractivity contribution is 5.84. The van der Waals surface area contributed by atoms with Crippen LogP contribution in [-0.4, -0.2) is 19.1 Å². The monoisotopic (exact) mass is 354 g/mol. The Bertz CT molecular complexity index is 997. The number of nitrogens with one attached hydrogen (secondary N) is 1. The van der Waals surface area contributed by atoms with E-state index in [9.17, 15) is 0 Å². The molecule has 1 atom stereocenters. The summed E-state index contributed by atoms with van der Waals surface area (Å²) in [4.78, 5) is 5.61. The smallest absolute Gasteiger partial charge is 0.0457 e. The van der Waals surface area contributed by atoms with Crippen LogP contribution in [0.25, 0.3) is 10.9 Å². The van der Waals surface area contributed by atoms with Crippen LogP contribution in [-0.2, 0) is 6.42 Å². The zero-order valence-corrected chi connectivity index (χ0v) is 16.0. The van der Waals surface area contributed by atoms with Crippen LogP contribution < -0.4 is 4.90 Å². The normalized spacial score (nSPS) is 12.2. The van der Waals surface area contributed by atoms with Crippen molar-refractivity contribution in [3.63, 3.8) is 0 Å². The molecule has 0 radical (unpaired) electrons. The molecule has 2 nitrogen and oxygen atoms in total. The summed E-state index contributed by atoms with van der Waals surface area (Å²) in [7, 11) is 4.17. The highest BCUT2D eigenvalue weighted by Gasteiger charge is 2.18. The van der Waals surface area contributed by atoms with Crippen molar-refractivity contribution in [2.24, 2.45) is 0 Å². The van der Waals surface area contributed by atoms with Crippen molar-refractivity contribution < 1.29 is 0 Å². The molecule has 27 heavy (non-hydrogen) atoms. The molecule has 0 aliphatic heterocycles. The lowest BCUT2D eigenvalue weighted by molar-refractivity contribution is 0.719. The van der Waals surface area contributed by atoms with E-state index in [0.717, 1.165) is 12.8 Å². The number of nitrogens with zero attached hydrogens (tertiary/aromatic N) is 1. The second-order valence-electron chi connectivity index (χ2n) is 7.35. The lowest BCUT2D eigenvalue weighted by Gasteiger charge is -2.19. The van der Waals surface area contributed by atoms with Crippen molar-refractivity contribution in [2.75, 3.05) is 19.0 Å². The maximum absolute atomic E-state index is 3.46. The maximum atomic E-state index is 3.46. The molecule has 4 rings (SSSR count). The molecular formula is C25H26N2. The third-order valence-corrected chi connectivity index (χ3v) is 5.37. The van der Waals surface area contributed by atoms with E-state index < -0.39 is 0 Å². The van der Waals surface area contributed by atoms with Gasteiger partial charge in [-0.25, -0.2) is 0 Å². The number of hydrogen-bond donors (Lipinski definition) is 1. The molecule has 2 heteroatoms. The highest BCUT2D eigenvalue weighted by atomic mass is 15.1. The number of hydrogen-bond acceptors (Lipinski definition) is 1. The number of fused-ring (bicyclic) bond motifs is 1. The number of rotatable bonds is 6. The standard InChI is InChI=1S/C25H26N2/c1-27(2)21-15-13-20(14-16-21)22(17-12-19-8-4-3-5-9-19)24-18-26-25-11-7-6-10-23(24)25/h3-11,13-16,18,22,26H,12,17H2,1-2H3. The van der Waals surface area contributed by atoms with Crippen LogP contribution in [0.4, 0.5) is 5.69 Å². The number of aromatic amines is 1. The van der Waals surface area contributed by atoms with Gasteiger partial charge in [0.15, 0.2) is 0 Å². The van der Waals surface area contributed by atoms with Crippen molar-refractivity contribution in [3.8, 4) is 0 Å². The van der Waals surface area contributed by atoms with Gasteiger partial charge >= 0.3 is 0 Å². The number of H-pyrrole nitrogens is 1. The fourth-order valence-corrected chi connectivity index (χ4v) is 3.84. The van der Waals surface area contributed by atoms with Gasteiger partial charge in [0.25, 0.3) is 0 Å². The molecule has 4 aromatic rings. The first-order chi connectivity index (χ1) is 13.2. The SMILES string of the molecule is CN(C)c1ccc(C(CCc2ccccc2)c2c[nH]c3ccccc23)cc1. The predicted molar refractivity (Wildman–Crippen MR) is 116 cm³/mol. The third-order valence-electron chi connectivity index (χ3n) is 5.37. The summed E-state index contributed by atoms with van der Waals surface area (Å²) in [5.41, 5.74) is 6.61. The van der Waals surface area contributed by atoms with Crippen LogP contribution in [0, 0.1) is 0 Å². The summed E-state index contributed by atoms with van der Waals surface area (Å²) in [6.07, 6.45) is 4.35. The first-order valence-corrected chi connectivity index (χ1v) is 9.59. The topological polar surface area (TPSA) is 19.0 Å². The molecule has 0 fully saturated rings. The fraction of sp³-hybridized carbons (Fsp3) is 0.200. The second kappa shape index (κ2) is 7.71. The van der Waals surface area contributed by atoms with Gasteiger partial charge in [0, 0.05) is 42.8 Å². The lowest BCUT2D eigenvalue weighted by atomic mass is 9.86. The van der Waals surface area contributed by atoms with E-state index >= 15 is 0 Å². The van der Waals surface area contributed by atoms with Gasteiger partial charge in [-0.15, -0.1) is 0 Å². The summed E-state index contributed by atoms with van der Waals surface area (Å²) in [6, 6.07) is 28.4. The van der Waals surface area contributed by atoms with Gasteiger partial charge in [-0.3, -0.25) is 0 Å². The van der Waals surface area contributed by atoms with Crippen LogP contribution in [0.2, 0.25) is 0 Å². The van der Waals surface area contributed by atoms with Crippen LogP contribution in [0.3, 0.4) is 0 Å². The van der Waals surface area contributed by atoms with Crippen molar-refractivity contribution in [1.82, 2.24) is 4.98 Å². The Morgan fingerprint density at radius 1 is 0.815 bits per heavy atom. The van der Waals surface area contributed by atoms with Gasteiger partial charge in [-0.05, 0) is 47.7 Å². The molecule has 1 unspecified atom stereocenters. The fourth-order valence-electron chi connectivity index (χ4n) is 3.84. The van der Waals surface area contributed by atoms with Gasteiger partial charge in [0.05, 0.1) is 0 Å². The second-order valence-corrected chi connectivity index (χ2v) is 7.35. The molecule has 0 amide bonds. The quantitative estimate of drug-likeness (QED) is 0.450. The molecular weight excluding hydrogens is 328 g/mol. The van der Waals surface area contributed by atoms with E-state index in [1.54, 1.807) is 0 Å². The Morgan fingerprint density at radius 2 is 1.52 bits per heavy atom.